The fourth-order valence-corrected chi connectivity index (χ4v) is 1.79. The second-order valence-electron chi connectivity index (χ2n) is 4.52. The van der Waals surface area contributed by atoms with E-state index >= 15 is 0 Å². The highest BCUT2D eigenvalue weighted by atomic mass is 19.1. The molecular weight excluding hydrogens is 238 g/mol. The highest BCUT2D eigenvalue weighted by molar-refractivity contribution is 5.75. The van der Waals surface area contributed by atoms with Crippen LogP contribution in [0.1, 0.15) is 37.8 Å². The first kappa shape index (κ1) is 12.8. The van der Waals surface area contributed by atoms with Gasteiger partial charge in [0.2, 0.25) is 0 Å². The molecule has 1 aliphatic carbocycles. The third kappa shape index (κ3) is 3.18. The van der Waals surface area contributed by atoms with Gasteiger partial charge in [0.25, 0.3) is 0 Å². The van der Waals surface area contributed by atoms with E-state index in [0.717, 1.165) is 31.0 Å². The van der Waals surface area contributed by atoms with Gasteiger partial charge < -0.3 is 10.6 Å². The summed E-state index contributed by atoms with van der Waals surface area (Å²) in [6, 6.07) is 2.66. The topological polar surface area (TPSA) is 41.1 Å². The number of amides is 2. The van der Waals surface area contributed by atoms with Crippen LogP contribution in [0.4, 0.5) is 13.6 Å². The quantitative estimate of drug-likeness (QED) is 0.852. The van der Waals surface area contributed by atoms with Gasteiger partial charge in [-0.15, -0.1) is 0 Å². The molecule has 0 aliphatic heterocycles. The van der Waals surface area contributed by atoms with Crippen molar-refractivity contribution in [1.29, 1.82) is 0 Å². The molecule has 1 saturated carbocycles. The molecule has 1 aromatic rings. The summed E-state index contributed by atoms with van der Waals surface area (Å²) in [5.41, 5.74) is 0.184. The minimum Gasteiger partial charge on any atom is -0.335 e. The number of hydrogen-bond donors (Lipinski definition) is 2. The van der Waals surface area contributed by atoms with Crippen LogP contribution in [0.2, 0.25) is 0 Å². The van der Waals surface area contributed by atoms with Crippen LogP contribution in [0.15, 0.2) is 18.2 Å². The van der Waals surface area contributed by atoms with E-state index < -0.39 is 17.7 Å². The van der Waals surface area contributed by atoms with Gasteiger partial charge in [-0.25, -0.2) is 13.6 Å². The van der Waals surface area contributed by atoms with Crippen molar-refractivity contribution in [3.05, 3.63) is 35.4 Å². The van der Waals surface area contributed by atoms with Crippen molar-refractivity contribution in [2.75, 3.05) is 0 Å². The summed E-state index contributed by atoms with van der Waals surface area (Å²) in [6.45, 7) is 1.81. The van der Waals surface area contributed by atoms with E-state index in [4.69, 9.17) is 0 Å². The SMILES string of the molecule is CC[C@H](NC(=O)NC1CC1)c1cc(F)ccc1F. The maximum Gasteiger partial charge on any atom is 0.315 e. The maximum absolute atomic E-state index is 13.6. The summed E-state index contributed by atoms with van der Waals surface area (Å²) in [7, 11) is 0. The normalized spacial score (nSPS) is 16.2. The zero-order valence-corrected chi connectivity index (χ0v) is 10.2. The Balaban J connectivity index is 2.06. The number of halogens is 2. The van der Waals surface area contributed by atoms with E-state index in [1.165, 1.54) is 0 Å². The van der Waals surface area contributed by atoms with Gasteiger partial charge in [-0.3, -0.25) is 0 Å². The average molecular weight is 254 g/mol. The van der Waals surface area contributed by atoms with Crippen molar-refractivity contribution < 1.29 is 13.6 Å². The molecule has 3 nitrogen and oxygen atoms in total. The van der Waals surface area contributed by atoms with E-state index in [1.807, 2.05) is 6.92 Å². The molecule has 98 valence electrons. The third-order valence-electron chi connectivity index (χ3n) is 2.96. The lowest BCUT2D eigenvalue weighted by Crippen LogP contribution is -2.39. The fraction of sp³-hybridized carbons (Fsp3) is 0.462. The van der Waals surface area contributed by atoms with Crippen molar-refractivity contribution >= 4 is 6.03 Å². The second kappa shape index (κ2) is 5.33. The first-order valence-corrected chi connectivity index (χ1v) is 6.12. The van der Waals surface area contributed by atoms with Crippen LogP contribution in [-0.2, 0) is 0 Å². The molecule has 0 heterocycles. The Bertz CT molecular complexity index is 447. The molecule has 1 fully saturated rings. The zero-order valence-electron chi connectivity index (χ0n) is 10.2. The molecule has 2 amide bonds. The van der Waals surface area contributed by atoms with Gasteiger partial charge in [-0.05, 0) is 37.5 Å². The Morgan fingerprint density at radius 3 is 2.78 bits per heavy atom. The summed E-state index contributed by atoms with van der Waals surface area (Å²) < 4.78 is 26.7. The predicted molar refractivity (Wildman–Crippen MR) is 64.1 cm³/mol. The lowest BCUT2D eigenvalue weighted by molar-refractivity contribution is 0.236. The zero-order chi connectivity index (χ0) is 13.1. The van der Waals surface area contributed by atoms with Crippen LogP contribution in [0.3, 0.4) is 0 Å². The van der Waals surface area contributed by atoms with Gasteiger partial charge in [-0.2, -0.15) is 0 Å². The highest BCUT2D eigenvalue weighted by Crippen LogP contribution is 2.22. The number of benzene rings is 1. The molecule has 1 aromatic carbocycles. The van der Waals surface area contributed by atoms with Crippen LogP contribution < -0.4 is 10.6 Å². The van der Waals surface area contributed by atoms with Crippen molar-refractivity contribution in [2.24, 2.45) is 0 Å². The van der Waals surface area contributed by atoms with Crippen LogP contribution >= 0.6 is 0 Å². The van der Waals surface area contributed by atoms with E-state index in [1.54, 1.807) is 0 Å². The van der Waals surface area contributed by atoms with Crippen molar-refractivity contribution in [3.63, 3.8) is 0 Å². The van der Waals surface area contributed by atoms with Crippen molar-refractivity contribution in [2.45, 2.75) is 38.3 Å². The molecule has 5 heteroatoms. The lowest BCUT2D eigenvalue weighted by atomic mass is 10.0. The Morgan fingerprint density at radius 1 is 1.44 bits per heavy atom. The van der Waals surface area contributed by atoms with Gasteiger partial charge in [0.1, 0.15) is 11.6 Å². The van der Waals surface area contributed by atoms with Gasteiger partial charge >= 0.3 is 6.03 Å². The minimum absolute atomic E-state index is 0.184. The van der Waals surface area contributed by atoms with Gasteiger partial charge in [-0.1, -0.05) is 6.92 Å². The minimum atomic E-state index is -0.514. The molecule has 0 aromatic heterocycles. The standard InChI is InChI=1S/C13H16F2N2O/c1-2-12(17-13(18)16-9-4-5-9)10-7-8(14)3-6-11(10)15/h3,6-7,9,12H,2,4-5H2,1H3,(H2,16,17,18)/t12-/m0/s1. The Hall–Kier alpha value is -1.65. The summed E-state index contributed by atoms with van der Waals surface area (Å²) in [6.07, 6.45) is 2.47. The van der Waals surface area contributed by atoms with Gasteiger partial charge in [0.05, 0.1) is 6.04 Å². The first-order valence-electron chi connectivity index (χ1n) is 6.12. The average Bonchev–Trinajstić information content (AvgIpc) is 3.13. The van der Waals surface area contributed by atoms with Gasteiger partial charge in [0.15, 0.2) is 0 Å². The van der Waals surface area contributed by atoms with Crippen LogP contribution in [0.25, 0.3) is 0 Å². The van der Waals surface area contributed by atoms with E-state index in [9.17, 15) is 13.6 Å². The summed E-state index contributed by atoms with van der Waals surface area (Å²) in [5, 5.41) is 5.42. The fourth-order valence-electron chi connectivity index (χ4n) is 1.79. The molecule has 0 bridgehead atoms. The maximum atomic E-state index is 13.6. The number of urea groups is 1. The summed E-state index contributed by atoms with van der Waals surface area (Å²) >= 11 is 0. The van der Waals surface area contributed by atoms with E-state index in [-0.39, 0.29) is 17.6 Å². The molecule has 0 saturated heterocycles. The molecule has 1 aliphatic rings. The van der Waals surface area contributed by atoms with Crippen LogP contribution in [-0.4, -0.2) is 12.1 Å². The molecule has 0 radical (unpaired) electrons. The molecule has 2 N–H and O–H groups in total. The molecular formula is C13H16F2N2O. The molecule has 2 rings (SSSR count). The third-order valence-corrected chi connectivity index (χ3v) is 2.96. The summed E-state index contributed by atoms with van der Waals surface area (Å²) in [5.74, 6) is -1.01. The number of hydrogen-bond acceptors (Lipinski definition) is 1. The van der Waals surface area contributed by atoms with Crippen molar-refractivity contribution in [1.82, 2.24) is 10.6 Å². The number of rotatable bonds is 4. The number of carbonyl (C=O) groups is 1. The monoisotopic (exact) mass is 254 g/mol. The smallest absolute Gasteiger partial charge is 0.315 e. The molecule has 18 heavy (non-hydrogen) atoms. The Morgan fingerprint density at radius 2 is 2.17 bits per heavy atom. The Kier molecular flexibility index (Phi) is 3.79. The number of carbonyl (C=O) groups excluding carboxylic acids is 1. The second-order valence-corrected chi connectivity index (χ2v) is 4.52. The lowest BCUT2D eigenvalue weighted by Gasteiger charge is -2.18. The highest BCUT2D eigenvalue weighted by Gasteiger charge is 2.25. The predicted octanol–water partition coefficient (Wildman–Crippen LogP) is 2.88. The van der Waals surface area contributed by atoms with Crippen LogP contribution in [0, 0.1) is 11.6 Å². The number of nitrogens with one attached hydrogen (secondary N) is 2. The Labute approximate surface area is 105 Å². The van der Waals surface area contributed by atoms with Gasteiger partial charge in [0, 0.05) is 11.6 Å². The van der Waals surface area contributed by atoms with E-state index in [0.29, 0.717) is 6.42 Å². The molecule has 0 spiro atoms. The molecule has 0 unspecified atom stereocenters. The van der Waals surface area contributed by atoms with Crippen molar-refractivity contribution in [3.8, 4) is 0 Å². The first-order chi connectivity index (χ1) is 8.60. The van der Waals surface area contributed by atoms with Crippen LogP contribution in [0.5, 0.6) is 0 Å². The largest absolute Gasteiger partial charge is 0.335 e. The van der Waals surface area contributed by atoms with E-state index in [2.05, 4.69) is 10.6 Å². The molecule has 1 atom stereocenters. The summed E-state index contributed by atoms with van der Waals surface area (Å²) in [4.78, 5) is 11.6.